The summed E-state index contributed by atoms with van der Waals surface area (Å²) in [5.74, 6) is 0. The molecule has 0 rings (SSSR count). The molecule has 8 heavy (non-hydrogen) atoms. The molecule has 49 valence electrons. The van der Waals surface area contributed by atoms with Crippen molar-refractivity contribution >= 4 is 68.6 Å². The second-order valence-corrected chi connectivity index (χ2v) is 1.54. The molecule has 0 aromatic rings. The SMILES string of the molecule is N.O=P(O)(O)O.[CaH2].[H].[MgH2]. The Morgan fingerprint density at radius 1 is 1.25 bits per heavy atom. The summed E-state index contributed by atoms with van der Waals surface area (Å²) in [4.78, 5) is 21.6. The normalized spacial score (nSPS) is 7.38. The molecule has 8 heteroatoms. The maximum atomic E-state index is 8.88. The van der Waals surface area contributed by atoms with Gasteiger partial charge < -0.3 is 20.8 Å². The van der Waals surface area contributed by atoms with Crippen LogP contribution in [-0.2, 0) is 4.57 Å². The van der Waals surface area contributed by atoms with E-state index in [9.17, 15) is 0 Å². The van der Waals surface area contributed by atoms with Gasteiger partial charge in [-0.15, -0.1) is 0 Å². The van der Waals surface area contributed by atoms with Gasteiger partial charge in [0.05, 0.1) is 0 Å². The summed E-state index contributed by atoms with van der Waals surface area (Å²) in [6.45, 7) is 0. The maximum absolute atomic E-state index is 8.88. The number of hydrogen-bond acceptors (Lipinski definition) is 2. The Hall–Kier alpha value is 2.10. The number of hydrogen-bond donors (Lipinski definition) is 4. The van der Waals surface area contributed by atoms with Gasteiger partial charge in [-0.2, -0.15) is 0 Å². The zero-order chi connectivity index (χ0) is 4.50. The molecule has 0 bridgehead atoms. The number of rotatable bonds is 0. The van der Waals surface area contributed by atoms with E-state index in [1.54, 1.807) is 0 Å². The van der Waals surface area contributed by atoms with E-state index in [-0.39, 0.29) is 68.4 Å². The molecule has 0 aliphatic rings. The van der Waals surface area contributed by atoms with Crippen molar-refractivity contribution in [3.05, 3.63) is 0 Å². The van der Waals surface area contributed by atoms with Crippen molar-refractivity contribution in [1.82, 2.24) is 6.15 Å². The molecule has 6 N–H and O–H groups in total. The average molecular weight is 184 g/mol. The van der Waals surface area contributed by atoms with Crippen LogP contribution >= 0.6 is 7.82 Å². The molecular formula is H11CaMgNO4P. The van der Waals surface area contributed by atoms with Gasteiger partial charge in [-0.25, -0.2) is 4.57 Å². The quantitative estimate of drug-likeness (QED) is 0.246. The molecule has 0 fully saturated rings. The molecule has 0 atom stereocenters. The number of phosphoric acid groups is 1. The van der Waals surface area contributed by atoms with Crippen LogP contribution in [0.4, 0.5) is 0 Å². The van der Waals surface area contributed by atoms with E-state index in [1.807, 2.05) is 0 Å². The van der Waals surface area contributed by atoms with Gasteiger partial charge in [0.25, 0.3) is 0 Å². The minimum Gasteiger partial charge on any atom is 0 e. The molecule has 1 radical (unpaired) electrons. The van der Waals surface area contributed by atoms with Crippen LogP contribution in [0.3, 0.4) is 0 Å². The largest absolute Gasteiger partial charge is 0.316 e. The minimum absolute atomic E-state index is 0. The van der Waals surface area contributed by atoms with E-state index in [0.29, 0.717) is 0 Å². The zero-order valence-electron chi connectivity index (χ0n) is 3.90. The second kappa shape index (κ2) is 9.10. The summed E-state index contributed by atoms with van der Waals surface area (Å²) >= 11 is 0. The molecule has 0 aliphatic heterocycles. The summed E-state index contributed by atoms with van der Waals surface area (Å²) in [5.41, 5.74) is 0. The summed E-state index contributed by atoms with van der Waals surface area (Å²) < 4.78 is 8.88. The molecule has 0 aromatic carbocycles. The first-order valence-corrected chi connectivity index (χ1v) is 2.35. The van der Waals surface area contributed by atoms with Crippen molar-refractivity contribution in [2.24, 2.45) is 0 Å². The van der Waals surface area contributed by atoms with Gasteiger partial charge in [-0.3, -0.25) is 0 Å². The van der Waals surface area contributed by atoms with Crippen LogP contribution in [0.2, 0.25) is 0 Å². The third kappa shape index (κ3) is 92.8. The standard InChI is InChI=1S/Ca.Mg.H3N.H3O4P.5H/c;;;1-5(2,3)4;;;;;/h;;1H3;(H3,1,2,3,4);;;;;. The van der Waals surface area contributed by atoms with Gasteiger partial charge in [0.1, 0.15) is 0 Å². The summed E-state index contributed by atoms with van der Waals surface area (Å²) in [5, 5.41) is 0. The Bertz CT molecular complexity index is 66.7. The van der Waals surface area contributed by atoms with Gasteiger partial charge in [0.2, 0.25) is 0 Å². The smallest absolute Gasteiger partial charge is 0 e. The predicted molar refractivity (Wildman–Crippen MR) is 37.5 cm³/mol. The fourth-order valence-electron chi connectivity index (χ4n) is 0. The van der Waals surface area contributed by atoms with Crippen molar-refractivity contribution in [3.8, 4) is 0 Å². The fourth-order valence-corrected chi connectivity index (χ4v) is 0. The van der Waals surface area contributed by atoms with Crippen molar-refractivity contribution in [2.45, 2.75) is 0 Å². The van der Waals surface area contributed by atoms with Gasteiger partial charge in [-0.05, 0) is 0 Å². The molecule has 0 aromatic heterocycles. The van der Waals surface area contributed by atoms with Crippen LogP contribution in [0.25, 0.3) is 0 Å². The molecule has 0 amide bonds. The van der Waals surface area contributed by atoms with Crippen molar-refractivity contribution in [2.75, 3.05) is 0 Å². The van der Waals surface area contributed by atoms with Crippen molar-refractivity contribution in [1.29, 1.82) is 0 Å². The first kappa shape index (κ1) is 22.5. The maximum Gasteiger partial charge on any atom is 0.316 e. The Morgan fingerprint density at radius 3 is 1.25 bits per heavy atom. The second-order valence-electron chi connectivity index (χ2n) is 0.513. The Kier molecular flexibility index (Phi) is 25.6. The molecule has 5 nitrogen and oxygen atoms in total. The minimum atomic E-state index is -4.64. The van der Waals surface area contributed by atoms with Gasteiger partial charge in [0.15, 0.2) is 0 Å². The van der Waals surface area contributed by atoms with Crippen LogP contribution in [0.1, 0.15) is 1.43 Å². The van der Waals surface area contributed by atoms with Crippen LogP contribution < -0.4 is 6.15 Å². The van der Waals surface area contributed by atoms with E-state index < -0.39 is 7.82 Å². The van der Waals surface area contributed by atoms with E-state index in [4.69, 9.17) is 19.2 Å². The van der Waals surface area contributed by atoms with E-state index in [1.165, 1.54) is 0 Å². The third-order valence-electron chi connectivity index (χ3n) is 0. The summed E-state index contributed by atoms with van der Waals surface area (Å²) in [6, 6.07) is 0. The van der Waals surface area contributed by atoms with Crippen LogP contribution in [0.15, 0.2) is 0 Å². The monoisotopic (exact) mass is 184 g/mol. The first-order valence-electron chi connectivity index (χ1n) is 0.783. The molecule has 0 aliphatic carbocycles. The summed E-state index contributed by atoms with van der Waals surface area (Å²) in [7, 11) is -4.64. The van der Waals surface area contributed by atoms with Crippen LogP contribution in [0, 0.1) is 0 Å². The predicted octanol–water partition coefficient (Wildman–Crippen LogP) is -2.49. The van der Waals surface area contributed by atoms with Crippen LogP contribution in [-0.4, -0.2) is 75.5 Å². The average Bonchev–Trinajstić information content (AvgIpc) is 0.722. The topological polar surface area (TPSA) is 113 Å². The first-order chi connectivity index (χ1) is 2.00. The molecule has 0 unspecified atom stereocenters. The molecule has 0 spiro atoms. The van der Waals surface area contributed by atoms with Crippen LogP contribution in [0.5, 0.6) is 0 Å². The Labute approximate surface area is 94.3 Å². The Balaban J connectivity index is -0.0000000133. The molecular weight excluding hydrogens is 173 g/mol. The van der Waals surface area contributed by atoms with Gasteiger partial charge in [0, 0.05) is 1.43 Å². The summed E-state index contributed by atoms with van der Waals surface area (Å²) in [6.07, 6.45) is 0. The molecule has 0 saturated carbocycles. The molecule has 0 heterocycles. The fraction of sp³-hybridized carbons (Fsp3) is 0. The van der Waals surface area contributed by atoms with E-state index in [0.717, 1.165) is 0 Å². The van der Waals surface area contributed by atoms with E-state index in [2.05, 4.69) is 0 Å². The Morgan fingerprint density at radius 2 is 1.25 bits per heavy atom. The van der Waals surface area contributed by atoms with Gasteiger partial charge >= 0.3 is 68.6 Å². The zero-order valence-corrected chi connectivity index (χ0v) is 3.80. The van der Waals surface area contributed by atoms with E-state index >= 15 is 0 Å². The third-order valence-corrected chi connectivity index (χ3v) is 0. The van der Waals surface area contributed by atoms with Crippen molar-refractivity contribution < 1.29 is 20.7 Å². The van der Waals surface area contributed by atoms with Gasteiger partial charge in [-0.1, -0.05) is 0 Å². The molecule has 0 saturated heterocycles. The van der Waals surface area contributed by atoms with Crippen molar-refractivity contribution in [3.63, 3.8) is 0 Å².